The van der Waals surface area contributed by atoms with Gasteiger partial charge in [0, 0.05) is 24.7 Å². The van der Waals surface area contributed by atoms with Gasteiger partial charge in [0.25, 0.3) is 0 Å². The van der Waals surface area contributed by atoms with Gasteiger partial charge in [-0.3, -0.25) is 18.9 Å². The molecule has 14 nitrogen and oxygen atoms in total. The Labute approximate surface area is 159 Å². The van der Waals surface area contributed by atoms with Crippen LogP contribution in [0.3, 0.4) is 0 Å². The molecular formula is C13H21N4O10P. The van der Waals surface area contributed by atoms with Crippen LogP contribution < -0.4 is 5.32 Å². The third kappa shape index (κ3) is 7.80. The van der Waals surface area contributed by atoms with E-state index < -0.39 is 69.3 Å². The normalized spacial score (nSPS) is 27.2. The first-order chi connectivity index (χ1) is 12.9. The summed E-state index contributed by atoms with van der Waals surface area (Å²) in [5.41, 5.74) is 8.28. The van der Waals surface area contributed by atoms with Gasteiger partial charge in [0.15, 0.2) is 6.29 Å². The first-order valence-corrected chi connectivity index (χ1v) is 9.47. The van der Waals surface area contributed by atoms with Crippen LogP contribution in [0.5, 0.6) is 0 Å². The van der Waals surface area contributed by atoms with Crippen molar-refractivity contribution >= 4 is 25.7 Å². The molecule has 5 atom stereocenters. The van der Waals surface area contributed by atoms with E-state index in [1.54, 1.807) is 0 Å². The maximum atomic E-state index is 11.9. The molecule has 0 bridgehead atoms. The van der Waals surface area contributed by atoms with Crippen molar-refractivity contribution in [1.82, 2.24) is 5.32 Å². The molecule has 3 N–H and O–H groups in total. The van der Waals surface area contributed by atoms with E-state index in [4.69, 9.17) is 29.5 Å². The number of phosphoric acid groups is 1. The zero-order valence-corrected chi connectivity index (χ0v) is 16.1. The van der Waals surface area contributed by atoms with E-state index in [-0.39, 0.29) is 0 Å². The molecule has 2 unspecified atom stereocenters. The minimum absolute atomic E-state index is 0.391. The summed E-state index contributed by atoms with van der Waals surface area (Å²) in [6, 6.07) is -1.19. The molecular weight excluding hydrogens is 403 g/mol. The van der Waals surface area contributed by atoms with Gasteiger partial charge in [0.1, 0.15) is 25.4 Å². The lowest BCUT2D eigenvalue weighted by Crippen LogP contribution is -2.62. The number of nitrogens with zero attached hydrogens (tertiary/aromatic N) is 3. The Morgan fingerprint density at radius 2 is 1.93 bits per heavy atom. The standard InChI is InChI=1S/C13H21N4O10P/c1-6-11(16-10(20)4-15-17-14)13(27-28(21,22)23)26-9(5-24-7(2)18)12(6)25-8(3)19/h6,9,11-13H,4-5H2,1-3H3,(H,16,20)(H2,21,22,23)/t6?,9?,11-,12+,13+/m0/s1. The predicted molar refractivity (Wildman–Crippen MR) is 89.1 cm³/mol. The van der Waals surface area contributed by atoms with Crippen molar-refractivity contribution in [3.05, 3.63) is 10.4 Å². The largest absolute Gasteiger partial charge is 0.472 e. The molecule has 1 heterocycles. The van der Waals surface area contributed by atoms with E-state index in [9.17, 15) is 18.9 Å². The minimum Gasteiger partial charge on any atom is -0.463 e. The topological polar surface area (TPSA) is 206 Å². The molecule has 0 aromatic heterocycles. The summed E-state index contributed by atoms with van der Waals surface area (Å²) in [6.45, 7) is 2.79. The monoisotopic (exact) mass is 424 g/mol. The summed E-state index contributed by atoms with van der Waals surface area (Å²) in [5.74, 6) is -2.92. The van der Waals surface area contributed by atoms with Crippen LogP contribution in [0.15, 0.2) is 5.11 Å². The SMILES string of the molecule is CC(=O)OCC1O[C@H](OP(=O)(O)O)[C@@H](NC(=O)CN=[N+]=[N-])C(C)[C@H]1OC(C)=O. The van der Waals surface area contributed by atoms with E-state index in [1.807, 2.05) is 0 Å². The number of carbonyl (C=O) groups excluding carboxylic acids is 3. The molecule has 28 heavy (non-hydrogen) atoms. The van der Waals surface area contributed by atoms with Gasteiger partial charge in [-0.1, -0.05) is 12.0 Å². The second-order valence-corrected chi connectivity index (χ2v) is 7.05. The average molecular weight is 424 g/mol. The highest BCUT2D eigenvalue weighted by atomic mass is 31.2. The van der Waals surface area contributed by atoms with Crippen molar-refractivity contribution in [2.75, 3.05) is 13.2 Å². The van der Waals surface area contributed by atoms with Gasteiger partial charge in [0.2, 0.25) is 5.91 Å². The highest BCUT2D eigenvalue weighted by Gasteiger charge is 2.48. The summed E-state index contributed by atoms with van der Waals surface area (Å²) in [6.07, 6.45) is -3.83. The third-order valence-corrected chi connectivity index (χ3v) is 4.13. The lowest BCUT2D eigenvalue weighted by Gasteiger charge is -2.44. The van der Waals surface area contributed by atoms with Gasteiger partial charge in [0.05, 0.1) is 6.04 Å². The van der Waals surface area contributed by atoms with E-state index in [1.165, 1.54) is 6.92 Å². The van der Waals surface area contributed by atoms with Crippen molar-refractivity contribution < 1.29 is 47.5 Å². The number of amides is 1. The number of phosphoric ester groups is 1. The fraction of sp³-hybridized carbons (Fsp3) is 0.769. The molecule has 0 radical (unpaired) electrons. The summed E-state index contributed by atoms with van der Waals surface area (Å²) >= 11 is 0. The third-order valence-electron chi connectivity index (χ3n) is 3.65. The van der Waals surface area contributed by atoms with Gasteiger partial charge in [-0.15, -0.1) is 0 Å². The summed E-state index contributed by atoms with van der Waals surface area (Å²) < 4.78 is 31.3. The van der Waals surface area contributed by atoms with Crippen LogP contribution in [0.1, 0.15) is 20.8 Å². The Morgan fingerprint density at radius 1 is 1.29 bits per heavy atom. The Hall–Kier alpha value is -2.21. The molecule has 1 amide bonds. The molecule has 158 valence electrons. The number of ether oxygens (including phenoxy) is 3. The molecule has 0 saturated carbocycles. The lowest BCUT2D eigenvalue weighted by molar-refractivity contribution is -0.241. The lowest BCUT2D eigenvalue weighted by atomic mass is 9.88. The summed E-state index contributed by atoms with van der Waals surface area (Å²) in [5, 5.41) is 5.45. The second-order valence-electron chi connectivity index (χ2n) is 5.86. The number of azide groups is 1. The van der Waals surface area contributed by atoms with Crippen LogP contribution in [-0.4, -0.2) is 65.3 Å². The van der Waals surface area contributed by atoms with E-state index in [0.29, 0.717) is 0 Å². The van der Waals surface area contributed by atoms with Crippen LogP contribution in [0.4, 0.5) is 0 Å². The molecule has 0 aromatic rings. The Balaban J connectivity index is 3.14. The molecule has 0 aliphatic carbocycles. The van der Waals surface area contributed by atoms with Crippen molar-refractivity contribution in [3.63, 3.8) is 0 Å². The van der Waals surface area contributed by atoms with Gasteiger partial charge in [-0.25, -0.2) is 4.57 Å². The van der Waals surface area contributed by atoms with Crippen LogP contribution in [0.2, 0.25) is 0 Å². The van der Waals surface area contributed by atoms with Crippen molar-refractivity contribution in [1.29, 1.82) is 0 Å². The van der Waals surface area contributed by atoms with Crippen LogP contribution >= 0.6 is 7.82 Å². The molecule has 1 rings (SSSR count). The van der Waals surface area contributed by atoms with Gasteiger partial charge in [-0.05, 0) is 5.53 Å². The highest BCUT2D eigenvalue weighted by Crippen LogP contribution is 2.42. The second kappa shape index (κ2) is 10.4. The first kappa shape index (κ1) is 23.8. The van der Waals surface area contributed by atoms with E-state index in [0.717, 1.165) is 13.8 Å². The first-order valence-electron chi connectivity index (χ1n) is 7.94. The maximum Gasteiger partial charge on any atom is 0.472 e. The van der Waals surface area contributed by atoms with Gasteiger partial charge in [-0.2, -0.15) is 0 Å². The molecule has 1 saturated heterocycles. The quantitative estimate of drug-likeness (QED) is 0.153. The van der Waals surface area contributed by atoms with E-state index >= 15 is 0 Å². The number of hydrogen-bond acceptors (Lipinski definition) is 9. The molecule has 1 aliphatic rings. The maximum absolute atomic E-state index is 11.9. The molecule has 1 fully saturated rings. The smallest absolute Gasteiger partial charge is 0.463 e. The van der Waals surface area contributed by atoms with Gasteiger partial charge < -0.3 is 29.3 Å². The zero-order chi connectivity index (χ0) is 21.5. The number of hydrogen-bond donors (Lipinski definition) is 3. The Kier molecular flexibility index (Phi) is 8.82. The Morgan fingerprint density at radius 3 is 2.43 bits per heavy atom. The van der Waals surface area contributed by atoms with Crippen molar-refractivity contribution in [3.8, 4) is 0 Å². The van der Waals surface area contributed by atoms with E-state index in [2.05, 4.69) is 19.9 Å². The number of nitrogens with one attached hydrogen (secondary N) is 1. The Bertz CT molecular complexity index is 691. The molecule has 15 heteroatoms. The average Bonchev–Trinajstić information content (AvgIpc) is 2.55. The van der Waals surface area contributed by atoms with Crippen LogP contribution in [0.25, 0.3) is 10.4 Å². The van der Waals surface area contributed by atoms with Crippen LogP contribution in [-0.2, 0) is 37.7 Å². The minimum atomic E-state index is -5.05. The number of esters is 2. The highest BCUT2D eigenvalue weighted by molar-refractivity contribution is 7.46. The van der Waals surface area contributed by atoms with Gasteiger partial charge >= 0.3 is 19.8 Å². The van der Waals surface area contributed by atoms with Crippen LogP contribution in [0, 0.1) is 5.92 Å². The fourth-order valence-corrected chi connectivity index (χ4v) is 3.04. The predicted octanol–water partition coefficient (Wildman–Crippen LogP) is -0.253. The number of carbonyl (C=O) groups is 3. The molecule has 1 aliphatic heterocycles. The van der Waals surface area contributed by atoms with Crippen molar-refractivity contribution in [2.45, 2.75) is 45.3 Å². The zero-order valence-electron chi connectivity index (χ0n) is 15.3. The molecule has 0 aromatic carbocycles. The summed E-state index contributed by atoms with van der Waals surface area (Å²) in [4.78, 5) is 55.1. The summed E-state index contributed by atoms with van der Waals surface area (Å²) in [7, 11) is -5.05. The fourth-order valence-electron chi connectivity index (χ4n) is 2.59. The van der Waals surface area contributed by atoms with Crippen molar-refractivity contribution in [2.24, 2.45) is 11.0 Å². The molecule has 0 spiro atoms. The number of rotatable bonds is 8.